The number of ether oxygens (including phenoxy) is 3. The van der Waals surface area contributed by atoms with E-state index >= 15 is 4.39 Å². The number of benzene rings is 2. The van der Waals surface area contributed by atoms with E-state index in [0.29, 0.717) is 43.7 Å². The van der Waals surface area contributed by atoms with Gasteiger partial charge in [-0.05, 0) is 42.8 Å². The van der Waals surface area contributed by atoms with Crippen LogP contribution < -0.4 is 9.47 Å². The first kappa shape index (κ1) is 28.4. The number of nitriles is 1. The molecule has 0 spiro atoms. The molecule has 2 aromatic carbocycles. The molecule has 3 atom stereocenters. The molecule has 6 rings (SSSR count). The van der Waals surface area contributed by atoms with Crippen LogP contribution in [0.1, 0.15) is 40.4 Å². The first-order valence-electron chi connectivity index (χ1n) is 13.9. The van der Waals surface area contributed by atoms with Gasteiger partial charge in [-0.3, -0.25) is 4.90 Å². The van der Waals surface area contributed by atoms with E-state index < -0.39 is 24.1 Å². The van der Waals surface area contributed by atoms with Crippen LogP contribution in [0.5, 0.6) is 11.6 Å². The van der Waals surface area contributed by atoms with Crippen LogP contribution in [0, 0.1) is 17.1 Å². The maximum Gasteiger partial charge on any atom is 0.335 e. The van der Waals surface area contributed by atoms with E-state index in [0.717, 1.165) is 18.3 Å². The maximum absolute atomic E-state index is 15.4. The molecule has 2 saturated heterocycles. The minimum absolute atomic E-state index is 0.0315. The largest absolute Gasteiger partial charge is 0.483 e. The van der Waals surface area contributed by atoms with Gasteiger partial charge >= 0.3 is 5.97 Å². The smallest absolute Gasteiger partial charge is 0.335 e. The number of aromatic nitrogens is 4. The van der Waals surface area contributed by atoms with Gasteiger partial charge in [0.05, 0.1) is 47.4 Å². The third-order valence-corrected chi connectivity index (χ3v) is 7.55. The van der Waals surface area contributed by atoms with E-state index in [1.807, 2.05) is 15.5 Å². The summed E-state index contributed by atoms with van der Waals surface area (Å²) in [5, 5.41) is 18.3. The molecule has 2 aliphatic rings. The Labute approximate surface area is 245 Å². The van der Waals surface area contributed by atoms with Gasteiger partial charge in [0.15, 0.2) is 17.4 Å². The van der Waals surface area contributed by atoms with Crippen LogP contribution in [-0.4, -0.2) is 73.6 Å². The average Bonchev–Trinajstić information content (AvgIpc) is 3.31. The molecule has 0 radical (unpaired) electrons. The molecule has 222 valence electrons. The Hall–Kier alpha value is -4.67. The molecule has 4 heterocycles. The summed E-state index contributed by atoms with van der Waals surface area (Å²) >= 11 is 0. The molecule has 0 unspecified atom stereocenters. The fraction of sp³-hybridized carbons (Fsp3) is 0.367. The predicted octanol–water partition coefficient (Wildman–Crippen LogP) is 3.89. The molecule has 0 aliphatic carbocycles. The van der Waals surface area contributed by atoms with Crippen LogP contribution >= 0.6 is 0 Å². The summed E-state index contributed by atoms with van der Waals surface area (Å²) in [5.74, 6) is -0.585. The van der Waals surface area contributed by atoms with Crippen molar-refractivity contribution in [1.82, 2.24) is 24.4 Å². The third-order valence-electron chi connectivity index (χ3n) is 7.55. The molecule has 13 heteroatoms. The second-order valence-electron chi connectivity index (χ2n) is 10.5. The highest BCUT2D eigenvalue weighted by Crippen LogP contribution is 2.26. The number of carbonyl (C=O) groups is 1. The summed E-state index contributed by atoms with van der Waals surface area (Å²) < 4.78 is 48.4. The number of halogens is 2. The van der Waals surface area contributed by atoms with E-state index in [2.05, 4.69) is 9.97 Å². The van der Waals surface area contributed by atoms with E-state index in [1.165, 1.54) is 30.5 Å². The summed E-state index contributed by atoms with van der Waals surface area (Å²) in [6.07, 6.45) is 0.784. The highest BCUT2D eigenvalue weighted by molar-refractivity contribution is 5.92. The molecular formula is C30H28F2N6O5. The number of imidazole rings is 1. The third kappa shape index (κ3) is 6.40. The first-order valence-corrected chi connectivity index (χ1v) is 13.9. The fourth-order valence-electron chi connectivity index (χ4n) is 5.19. The molecule has 0 saturated carbocycles. The summed E-state index contributed by atoms with van der Waals surface area (Å²) in [5.41, 5.74) is 1.75. The number of nitrogens with zero attached hydrogens (tertiary/aromatic N) is 6. The SMILES string of the molecule is N#Cc1ccc(OCc2nccc(O[C@H]3CCN(Cc4nc5ccc(C(=O)O)cc5n4C[C@@H]4CCO4)C[C@H]3F)n2)c(F)c1. The number of fused-ring (bicyclic) bond motifs is 1. The molecule has 0 bridgehead atoms. The second-order valence-corrected chi connectivity index (χ2v) is 10.5. The quantitative estimate of drug-likeness (QED) is 0.290. The Bertz CT molecular complexity index is 1690. The molecule has 0 amide bonds. The minimum Gasteiger partial charge on any atom is -0.483 e. The van der Waals surface area contributed by atoms with Crippen molar-refractivity contribution in [1.29, 1.82) is 5.26 Å². The van der Waals surface area contributed by atoms with Crippen molar-refractivity contribution in [2.75, 3.05) is 19.7 Å². The predicted molar refractivity (Wildman–Crippen MR) is 148 cm³/mol. The van der Waals surface area contributed by atoms with E-state index in [4.69, 9.17) is 24.5 Å². The Morgan fingerprint density at radius 1 is 1.19 bits per heavy atom. The van der Waals surface area contributed by atoms with Gasteiger partial charge in [-0.25, -0.2) is 23.5 Å². The lowest BCUT2D eigenvalue weighted by Gasteiger charge is -2.34. The van der Waals surface area contributed by atoms with Crippen molar-refractivity contribution in [3.05, 3.63) is 77.3 Å². The lowest BCUT2D eigenvalue weighted by atomic mass is 10.1. The normalized spacial score (nSPS) is 20.3. The first-order chi connectivity index (χ1) is 20.9. The van der Waals surface area contributed by atoms with E-state index in [-0.39, 0.29) is 47.8 Å². The fourth-order valence-corrected chi connectivity index (χ4v) is 5.19. The number of carboxylic acids is 1. The van der Waals surface area contributed by atoms with Crippen LogP contribution in [0.2, 0.25) is 0 Å². The standard InChI is InChI=1S/C30H28F2N6O5/c31-21-11-18(13-33)1-4-25(21)42-17-27-34-8-5-29(36-27)43-26-6-9-37(15-22(26)32)16-28-35-23-3-2-19(30(39)40)12-24(23)38(28)14-20-7-10-41-20/h1-5,8,11-12,20,22,26H,6-7,9-10,14-17H2,(H,39,40)/t20-,22+,26-/m0/s1. The monoisotopic (exact) mass is 590 g/mol. The van der Waals surface area contributed by atoms with Gasteiger partial charge in [0.1, 0.15) is 24.7 Å². The van der Waals surface area contributed by atoms with Crippen LogP contribution in [0.3, 0.4) is 0 Å². The molecular weight excluding hydrogens is 562 g/mol. The Morgan fingerprint density at radius 2 is 2.05 bits per heavy atom. The van der Waals surface area contributed by atoms with Gasteiger partial charge < -0.3 is 23.9 Å². The van der Waals surface area contributed by atoms with Gasteiger partial charge in [-0.2, -0.15) is 10.2 Å². The van der Waals surface area contributed by atoms with Crippen molar-refractivity contribution in [2.45, 2.75) is 50.9 Å². The van der Waals surface area contributed by atoms with Crippen molar-refractivity contribution in [2.24, 2.45) is 0 Å². The Kier molecular flexibility index (Phi) is 8.13. The summed E-state index contributed by atoms with van der Waals surface area (Å²) in [4.78, 5) is 26.7. The number of piperidine rings is 1. The number of rotatable bonds is 10. The minimum atomic E-state index is -1.30. The zero-order chi connectivity index (χ0) is 29.9. The zero-order valence-electron chi connectivity index (χ0n) is 23.0. The lowest BCUT2D eigenvalue weighted by molar-refractivity contribution is -0.0593. The molecule has 1 N–H and O–H groups in total. The van der Waals surface area contributed by atoms with Crippen molar-refractivity contribution < 1.29 is 32.9 Å². The highest BCUT2D eigenvalue weighted by Gasteiger charge is 2.32. The van der Waals surface area contributed by atoms with Crippen molar-refractivity contribution in [3.8, 4) is 17.7 Å². The van der Waals surface area contributed by atoms with Gasteiger partial charge in [-0.15, -0.1) is 0 Å². The summed E-state index contributed by atoms with van der Waals surface area (Å²) in [6, 6.07) is 12.1. The number of aromatic carboxylic acids is 1. The molecule has 4 aromatic rings. The average molecular weight is 591 g/mol. The van der Waals surface area contributed by atoms with Gasteiger partial charge in [0, 0.05) is 38.4 Å². The number of alkyl halides is 1. The van der Waals surface area contributed by atoms with Crippen LogP contribution in [0.15, 0.2) is 48.7 Å². The Balaban J connectivity index is 1.09. The number of hydrogen-bond donors (Lipinski definition) is 1. The number of likely N-dealkylation sites (tertiary alicyclic amines) is 1. The molecule has 2 fully saturated rings. The summed E-state index contributed by atoms with van der Waals surface area (Å²) in [6.45, 7) is 2.16. The van der Waals surface area contributed by atoms with Crippen LogP contribution in [0.4, 0.5) is 8.78 Å². The zero-order valence-corrected chi connectivity index (χ0v) is 23.0. The number of hydrogen-bond acceptors (Lipinski definition) is 9. The van der Waals surface area contributed by atoms with Gasteiger partial charge in [0.25, 0.3) is 0 Å². The van der Waals surface area contributed by atoms with Gasteiger partial charge in [-0.1, -0.05) is 0 Å². The van der Waals surface area contributed by atoms with Gasteiger partial charge in [0.2, 0.25) is 5.88 Å². The summed E-state index contributed by atoms with van der Waals surface area (Å²) in [7, 11) is 0. The maximum atomic E-state index is 15.4. The molecule has 11 nitrogen and oxygen atoms in total. The van der Waals surface area contributed by atoms with Crippen LogP contribution in [0.25, 0.3) is 11.0 Å². The number of carboxylic acid groups (broad SMARTS) is 1. The molecule has 43 heavy (non-hydrogen) atoms. The van der Waals surface area contributed by atoms with Crippen LogP contribution in [-0.2, 0) is 24.4 Å². The lowest BCUT2D eigenvalue weighted by Crippen LogP contribution is -2.47. The van der Waals surface area contributed by atoms with E-state index in [9.17, 15) is 14.3 Å². The Morgan fingerprint density at radius 3 is 2.77 bits per heavy atom. The molecule has 2 aromatic heterocycles. The van der Waals surface area contributed by atoms with Crippen molar-refractivity contribution >= 4 is 17.0 Å². The molecule has 2 aliphatic heterocycles. The van der Waals surface area contributed by atoms with Crippen molar-refractivity contribution in [3.63, 3.8) is 0 Å². The second kappa shape index (κ2) is 12.3. The van der Waals surface area contributed by atoms with E-state index in [1.54, 1.807) is 12.1 Å². The highest BCUT2D eigenvalue weighted by atomic mass is 19.1. The topological polar surface area (TPSA) is 136 Å².